The van der Waals surface area contributed by atoms with Gasteiger partial charge in [0.25, 0.3) is 5.91 Å². The highest BCUT2D eigenvalue weighted by molar-refractivity contribution is 6.31. The molecule has 0 spiro atoms. The van der Waals surface area contributed by atoms with Gasteiger partial charge < -0.3 is 21.1 Å². The van der Waals surface area contributed by atoms with Crippen LogP contribution in [0.4, 0.5) is 4.79 Å². The molecule has 7 nitrogen and oxygen atoms in total. The zero-order chi connectivity index (χ0) is 19.8. The minimum absolute atomic E-state index is 0.123. The molecule has 1 aliphatic rings. The van der Waals surface area contributed by atoms with Gasteiger partial charge in [0.1, 0.15) is 0 Å². The number of hydrogen-bond donors (Lipinski definition) is 3. The van der Waals surface area contributed by atoms with E-state index in [-0.39, 0.29) is 25.0 Å². The normalized spacial score (nSPS) is 20.4. The number of ether oxygens (including phenoxy) is 1. The van der Waals surface area contributed by atoms with Crippen molar-refractivity contribution in [2.24, 2.45) is 11.7 Å². The molecular formula is C19H26ClN3O4. The van der Waals surface area contributed by atoms with E-state index in [1.54, 1.807) is 24.3 Å². The van der Waals surface area contributed by atoms with Crippen LogP contribution in [-0.4, -0.2) is 30.6 Å². The number of nitrogens with two attached hydrogens (primary N) is 1. The first-order valence-electron chi connectivity index (χ1n) is 9.12. The van der Waals surface area contributed by atoms with Crippen LogP contribution in [0.25, 0.3) is 0 Å². The van der Waals surface area contributed by atoms with Gasteiger partial charge in [-0.25, -0.2) is 4.79 Å². The van der Waals surface area contributed by atoms with Gasteiger partial charge in [0.05, 0.1) is 12.5 Å². The summed E-state index contributed by atoms with van der Waals surface area (Å²) in [6, 6.07) is 5.42. The predicted molar refractivity (Wildman–Crippen MR) is 102 cm³/mol. The number of amides is 3. The third-order valence-electron chi connectivity index (χ3n) is 4.79. The number of benzene rings is 1. The molecule has 0 unspecified atom stereocenters. The van der Waals surface area contributed by atoms with Crippen molar-refractivity contribution in [3.8, 4) is 0 Å². The summed E-state index contributed by atoms with van der Waals surface area (Å²) in [6.45, 7) is 1.76. The standard InChI is InChI=1S/C19H26ClN3O4/c1-12-6-2-5-9-15(12)22-17(24)11-27-18(25)10-16(23-19(21)26)13-7-3-4-8-14(13)20/h3-4,7-8,12,15-16H,2,5-6,9-11H2,1H3,(H,22,24)(H3,21,23,26)/t12-,15+,16-/m0/s1. The Kier molecular flexibility index (Phi) is 7.91. The third-order valence-corrected chi connectivity index (χ3v) is 5.13. The molecule has 8 heteroatoms. The molecule has 148 valence electrons. The van der Waals surface area contributed by atoms with Gasteiger partial charge in [0, 0.05) is 11.1 Å². The summed E-state index contributed by atoms with van der Waals surface area (Å²) in [5.74, 6) is -0.525. The van der Waals surface area contributed by atoms with Crippen LogP contribution < -0.4 is 16.4 Å². The summed E-state index contributed by atoms with van der Waals surface area (Å²) in [5.41, 5.74) is 5.74. The van der Waals surface area contributed by atoms with Gasteiger partial charge in [-0.1, -0.05) is 49.6 Å². The van der Waals surface area contributed by atoms with Crippen LogP contribution in [0.5, 0.6) is 0 Å². The summed E-state index contributed by atoms with van der Waals surface area (Å²) in [4.78, 5) is 35.4. The topological polar surface area (TPSA) is 111 Å². The second-order valence-corrected chi connectivity index (χ2v) is 7.29. The van der Waals surface area contributed by atoms with Crippen LogP contribution in [0.2, 0.25) is 5.02 Å². The Labute approximate surface area is 164 Å². The van der Waals surface area contributed by atoms with Crippen LogP contribution in [0.1, 0.15) is 50.6 Å². The fraction of sp³-hybridized carbons (Fsp3) is 0.526. The average molecular weight is 396 g/mol. The number of urea groups is 1. The molecular weight excluding hydrogens is 370 g/mol. The van der Waals surface area contributed by atoms with Crippen molar-refractivity contribution >= 4 is 29.5 Å². The predicted octanol–water partition coefficient (Wildman–Crippen LogP) is 2.68. The second-order valence-electron chi connectivity index (χ2n) is 6.88. The lowest BCUT2D eigenvalue weighted by Gasteiger charge is -2.29. The first-order chi connectivity index (χ1) is 12.9. The van der Waals surface area contributed by atoms with E-state index in [1.165, 1.54) is 6.42 Å². The number of primary amides is 1. The summed E-state index contributed by atoms with van der Waals surface area (Å²) < 4.78 is 5.07. The quantitative estimate of drug-likeness (QED) is 0.616. The van der Waals surface area contributed by atoms with Crippen molar-refractivity contribution in [3.63, 3.8) is 0 Å². The minimum atomic E-state index is -0.781. The number of halogens is 1. The van der Waals surface area contributed by atoms with Gasteiger partial charge in [-0.05, 0) is 30.4 Å². The first-order valence-corrected chi connectivity index (χ1v) is 9.50. The molecule has 4 N–H and O–H groups in total. The van der Waals surface area contributed by atoms with E-state index in [9.17, 15) is 14.4 Å². The van der Waals surface area contributed by atoms with Crippen molar-refractivity contribution in [1.82, 2.24) is 10.6 Å². The SMILES string of the molecule is C[C@H]1CCCC[C@H]1NC(=O)COC(=O)C[C@H](NC(N)=O)c1ccccc1Cl. The lowest BCUT2D eigenvalue weighted by molar-refractivity contribution is -0.149. The molecule has 3 amide bonds. The Balaban J connectivity index is 1.87. The largest absolute Gasteiger partial charge is 0.456 e. The molecule has 1 aliphatic carbocycles. The monoisotopic (exact) mass is 395 g/mol. The first kappa shape index (κ1) is 21.0. The number of carbonyl (C=O) groups is 3. The number of carbonyl (C=O) groups excluding carboxylic acids is 3. The molecule has 0 heterocycles. The zero-order valence-electron chi connectivity index (χ0n) is 15.4. The molecule has 1 aromatic carbocycles. The highest BCUT2D eigenvalue weighted by atomic mass is 35.5. The molecule has 0 aromatic heterocycles. The summed E-state index contributed by atoms with van der Waals surface area (Å²) >= 11 is 6.13. The highest BCUT2D eigenvalue weighted by Gasteiger charge is 2.24. The fourth-order valence-corrected chi connectivity index (χ4v) is 3.59. The maximum Gasteiger partial charge on any atom is 0.312 e. The van der Waals surface area contributed by atoms with E-state index in [1.807, 2.05) is 0 Å². The molecule has 1 aromatic rings. The maximum absolute atomic E-state index is 12.1. The summed E-state index contributed by atoms with van der Waals surface area (Å²) in [5, 5.41) is 5.80. The number of esters is 1. The molecule has 1 fully saturated rings. The number of nitrogens with one attached hydrogen (secondary N) is 2. The van der Waals surface area contributed by atoms with Crippen LogP contribution in [0, 0.1) is 5.92 Å². The van der Waals surface area contributed by atoms with Crippen molar-refractivity contribution in [2.45, 2.75) is 51.1 Å². The lowest BCUT2D eigenvalue weighted by Crippen LogP contribution is -2.43. The summed E-state index contributed by atoms with van der Waals surface area (Å²) in [6.07, 6.45) is 4.12. The van der Waals surface area contributed by atoms with Crippen LogP contribution in [0.3, 0.4) is 0 Å². The van der Waals surface area contributed by atoms with Crippen molar-refractivity contribution in [2.75, 3.05) is 6.61 Å². The van der Waals surface area contributed by atoms with Crippen LogP contribution in [0.15, 0.2) is 24.3 Å². The average Bonchev–Trinajstić information content (AvgIpc) is 2.61. The Bertz CT molecular complexity index is 683. The van der Waals surface area contributed by atoms with E-state index < -0.39 is 18.0 Å². The van der Waals surface area contributed by atoms with Gasteiger partial charge >= 0.3 is 12.0 Å². The smallest absolute Gasteiger partial charge is 0.312 e. The Morgan fingerprint density at radius 2 is 1.96 bits per heavy atom. The Morgan fingerprint density at radius 3 is 2.63 bits per heavy atom. The molecule has 1 saturated carbocycles. The molecule has 0 saturated heterocycles. The molecule has 2 rings (SSSR count). The number of hydrogen-bond acceptors (Lipinski definition) is 4. The fourth-order valence-electron chi connectivity index (χ4n) is 3.32. The number of rotatable bonds is 7. The molecule has 0 radical (unpaired) electrons. The third kappa shape index (κ3) is 6.75. The van der Waals surface area contributed by atoms with E-state index >= 15 is 0 Å². The van der Waals surface area contributed by atoms with Crippen LogP contribution in [-0.2, 0) is 14.3 Å². The van der Waals surface area contributed by atoms with E-state index in [2.05, 4.69) is 17.6 Å². The van der Waals surface area contributed by atoms with Gasteiger partial charge in [0.15, 0.2) is 6.61 Å². The van der Waals surface area contributed by atoms with Crippen molar-refractivity contribution in [3.05, 3.63) is 34.9 Å². The Hall–Kier alpha value is -2.28. The lowest BCUT2D eigenvalue weighted by atomic mass is 9.86. The zero-order valence-corrected chi connectivity index (χ0v) is 16.1. The minimum Gasteiger partial charge on any atom is -0.456 e. The van der Waals surface area contributed by atoms with Crippen molar-refractivity contribution in [1.29, 1.82) is 0 Å². The van der Waals surface area contributed by atoms with E-state index in [4.69, 9.17) is 22.1 Å². The highest BCUT2D eigenvalue weighted by Crippen LogP contribution is 2.25. The molecule has 0 bridgehead atoms. The van der Waals surface area contributed by atoms with Gasteiger partial charge in [-0.2, -0.15) is 0 Å². The molecule has 0 aliphatic heterocycles. The van der Waals surface area contributed by atoms with Crippen LogP contribution >= 0.6 is 11.6 Å². The molecule has 3 atom stereocenters. The second kappa shape index (κ2) is 10.2. The molecule has 27 heavy (non-hydrogen) atoms. The van der Waals surface area contributed by atoms with Gasteiger partial charge in [0.2, 0.25) is 0 Å². The van der Waals surface area contributed by atoms with Gasteiger partial charge in [-0.15, -0.1) is 0 Å². The Morgan fingerprint density at radius 1 is 1.26 bits per heavy atom. The van der Waals surface area contributed by atoms with Crippen molar-refractivity contribution < 1.29 is 19.1 Å². The summed E-state index contributed by atoms with van der Waals surface area (Å²) in [7, 11) is 0. The maximum atomic E-state index is 12.1. The van der Waals surface area contributed by atoms with Gasteiger partial charge in [-0.3, -0.25) is 9.59 Å². The van der Waals surface area contributed by atoms with E-state index in [0.717, 1.165) is 19.3 Å². The van der Waals surface area contributed by atoms with E-state index in [0.29, 0.717) is 16.5 Å².